The van der Waals surface area contributed by atoms with Crippen molar-refractivity contribution in [1.29, 1.82) is 5.26 Å². The van der Waals surface area contributed by atoms with E-state index in [4.69, 9.17) is 9.68 Å². The fourth-order valence-electron chi connectivity index (χ4n) is 2.37. The van der Waals surface area contributed by atoms with Crippen molar-refractivity contribution in [3.8, 4) is 17.5 Å². The van der Waals surface area contributed by atoms with Crippen molar-refractivity contribution < 1.29 is 9.21 Å². The van der Waals surface area contributed by atoms with E-state index in [2.05, 4.69) is 15.5 Å². The molecule has 124 valence electrons. The van der Waals surface area contributed by atoms with E-state index >= 15 is 0 Å². The van der Waals surface area contributed by atoms with Crippen molar-refractivity contribution in [2.24, 2.45) is 0 Å². The largest absolute Gasteiger partial charge is 0.421 e. The second-order valence-electron chi connectivity index (χ2n) is 5.58. The zero-order valence-corrected chi connectivity index (χ0v) is 13.7. The predicted octanol–water partition coefficient (Wildman–Crippen LogP) is 3.49. The van der Waals surface area contributed by atoms with Crippen LogP contribution in [0.5, 0.6) is 0 Å². The van der Waals surface area contributed by atoms with Crippen molar-refractivity contribution >= 4 is 11.6 Å². The molecule has 3 aromatic rings. The van der Waals surface area contributed by atoms with Crippen LogP contribution in [0.15, 0.2) is 52.9 Å². The summed E-state index contributed by atoms with van der Waals surface area (Å²) in [5, 5.41) is 19.8. The summed E-state index contributed by atoms with van der Waals surface area (Å²) in [6.45, 7) is 1.99. The fourth-order valence-corrected chi connectivity index (χ4v) is 2.37. The van der Waals surface area contributed by atoms with Crippen molar-refractivity contribution in [1.82, 2.24) is 10.2 Å². The lowest BCUT2D eigenvalue weighted by Gasteiger charge is -2.05. The van der Waals surface area contributed by atoms with Gasteiger partial charge in [0.2, 0.25) is 17.7 Å². The normalized spacial score (nSPS) is 10.2. The summed E-state index contributed by atoms with van der Waals surface area (Å²) in [4.78, 5) is 12.1. The fraction of sp³-hybridized carbons (Fsp3) is 0.158. The standard InChI is InChI=1S/C19H16N4O2/c1-13-5-4-7-14(11-13)19-23-22-18(25-19)10-9-17(24)21-16-8-3-2-6-15(16)12-20/h2-8,11H,9-10H2,1H3,(H,21,24). The average molecular weight is 332 g/mol. The number of nitriles is 1. The maximum absolute atomic E-state index is 12.1. The summed E-state index contributed by atoms with van der Waals surface area (Å²) in [7, 11) is 0. The number of nitrogens with one attached hydrogen (secondary N) is 1. The molecule has 0 fully saturated rings. The Morgan fingerprint density at radius 1 is 1.20 bits per heavy atom. The van der Waals surface area contributed by atoms with Crippen LogP contribution in [0.25, 0.3) is 11.5 Å². The summed E-state index contributed by atoms with van der Waals surface area (Å²) in [6.07, 6.45) is 0.522. The number of aromatic nitrogens is 2. The van der Waals surface area contributed by atoms with Crippen LogP contribution in [0, 0.1) is 18.3 Å². The number of amides is 1. The summed E-state index contributed by atoms with van der Waals surface area (Å²) in [6, 6.07) is 16.7. The monoisotopic (exact) mass is 332 g/mol. The van der Waals surface area contributed by atoms with Crippen LogP contribution in [0.4, 0.5) is 5.69 Å². The van der Waals surface area contributed by atoms with Crippen molar-refractivity contribution in [2.45, 2.75) is 19.8 Å². The number of hydrogen-bond donors (Lipinski definition) is 1. The number of hydrogen-bond acceptors (Lipinski definition) is 5. The Morgan fingerprint density at radius 2 is 2.04 bits per heavy atom. The lowest BCUT2D eigenvalue weighted by atomic mass is 10.1. The molecule has 0 spiro atoms. The maximum atomic E-state index is 12.1. The number of benzene rings is 2. The number of carbonyl (C=O) groups excluding carboxylic acids is 1. The second-order valence-corrected chi connectivity index (χ2v) is 5.58. The Bertz CT molecular complexity index is 940. The van der Waals surface area contributed by atoms with Crippen LogP contribution in [0.3, 0.4) is 0 Å². The lowest BCUT2D eigenvalue weighted by Crippen LogP contribution is -2.13. The Morgan fingerprint density at radius 3 is 2.84 bits per heavy atom. The number of para-hydroxylation sites is 1. The highest BCUT2D eigenvalue weighted by molar-refractivity contribution is 5.92. The molecule has 1 N–H and O–H groups in total. The smallest absolute Gasteiger partial charge is 0.247 e. The molecule has 0 aliphatic carbocycles. The third-order valence-electron chi connectivity index (χ3n) is 3.62. The van der Waals surface area contributed by atoms with Crippen molar-refractivity contribution in [2.75, 3.05) is 5.32 Å². The van der Waals surface area contributed by atoms with Crippen molar-refractivity contribution in [3.05, 3.63) is 65.5 Å². The highest BCUT2D eigenvalue weighted by Gasteiger charge is 2.12. The van der Waals surface area contributed by atoms with Crippen LogP contribution in [-0.2, 0) is 11.2 Å². The lowest BCUT2D eigenvalue weighted by molar-refractivity contribution is -0.116. The molecule has 0 saturated carbocycles. The minimum Gasteiger partial charge on any atom is -0.421 e. The first-order chi connectivity index (χ1) is 12.2. The van der Waals surface area contributed by atoms with Gasteiger partial charge in [0, 0.05) is 18.4 Å². The Hall–Kier alpha value is -3.46. The molecule has 1 heterocycles. The van der Waals surface area contributed by atoms with Gasteiger partial charge < -0.3 is 9.73 Å². The van der Waals surface area contributed by atoms with Gasteiger partial charge in [-0.15, -0.1) is 10.2 Å². The Kier molecular flexibility index (Phi) is 4.86. The minimum atomic E-state index is -0.210. The molecule has 6 heteroatoms. The molecule has 0 bridgehead atoms. The van der Waals surface area contributed by atoms with Gasteiger partial charge in [0.15, 0.2) is 0 Å². The van der Waals surface area contributed by atoms with Crippen LogP contribution >= 0.6 is 0 Å². The molecule has 6 nitrogen and oxygen atoms in total. The number of rotatable bonds is 5. The van der Waals surface area contributed by atoms with E-state index in [1.165, 1.54) is 0 Å². The number of aryl methyl sites for hydroxylation is 2. The van der Waals surface area contributed by atoms with Gasteiger partial charge in [0.1, 0.15) is 6.07 Å². The molecule has 25 heavy (non-hydrogen) atoms. The second kappa shape index (κ2) is 7.41. The molecule has 0 radical (unpaired) electrons. The quantitative estimate of drug-likeness (QED) is 0.772. The summed E-state index contributed by atoms with van der Waals surface area (Å²) in [5.41, 5.74) is 2.88. The number of nitrogens with zero attached hydrogens (tertiary/aromatic N) is 3. The van der Waals surface area contributed by atoms with Crippen molar-refractivity contribution in [3.63, 3.8) is 0 Å². The molecule has 0 unspecified atom stereocenters. The molecule has 0 atom stereocenters. The summed E-state index contributed by atoms with van der Waals surface area (Å²) in [5.74, 6) is 0.632. The molecule has 3 rings (SSSR count). The predicted molar refractivity (Wildman–Crippen MR) is 92.6 cm³/mol. The summed E-state index contributed by atoms with van der Waals surface area (Å²) < 4.78 is 5.62. The van der Waals surface area contributed by atoms with E-state index in [1.54, 1.807) is 24.3 Å². The van der Waals surface area contributed by atoms with Crippen LogP contribution in [0.1, 0.15) is 23.4 Å². The first-order valence-electron chi connectivity index (χ1n) is 7.84. The molecule has 2 aromatic carbocycles. The molecule has 1 aromatic heterocycles. The number of anilines is 1. The van der Waals surface area contributed by atoms with Gasteiger partial charge in [-0.1, -0.05) is 29.8 Å². The topological polar surface area (TPSA) is 91.8 Å². The van der Waals surface area contributed by atoms with Crippen LogP contribution in [-0.4, -0.2) is 16.1 Å². The molecule has 1 amide bonds. The summed E-state index contributed by atoms with van der Waals surface area (Å²) >= 11 is 0. The zero-order valence-electron chi connectivity index (χ0n) is 13.7. The van der Waals surface area contributed by atoms with Crippen LogP contribution in [0.2, 0.25) is 0 Å². The zero-order chi connectivity index (χ0) is 17.6. The number of carbonyl (C=O) groups is 1. The van der Waals surface area contributed by atoms with E-state index < -0.39 is 0 Å². The van der Waals surface area contributed by atoms with E-state index in [1.807, 2.05) is 37.3 Å². The highest BCUT2D eigenvalue weighted by Crippen LogP contribution is 2.19. The molecular formula is C19H16N4O2. The third kappa shape index (κ3) is 4.09. The van der Waals surface area contributed by atoms with Gasteiger partial charge in [0.05, 0.1) is 11.3 Å². The van der Waals surface area contributed by atoms with Gasteiger partial charge in [-0.3, -0.25) is 4.79 Å². The first kappa shape index (κ1) is 16.4. The van der Waals surface area contributed by atoms with E-state index in [-0.39, 0.29) is 12.3 Å². The van der Waals surface area contributed by atoms with E-state index in [9.17, 15) is 4.79 Å². The van der Waals surface area contributed by atoms with Gasteiger partial charge in [-0.05, 0) is 31.2 Å². The molecule has 0 aliphatic rings. The van der Waals surface area contributed by atoms with Gasteiger partial charge in [0.25, 0.3) is 0 Å². The van der Waals surface area contributed by atoms with Crippen LogP contribution < -0.4 is 5.32 Å². The SMILES string of the molecule is Cc1cccc(-c2nnc(CCC(=O)Nc3ccccc3C#N)o2)c1. The Balaban J connectivity index is 1.61. The maximum Gasteiger partial charge on any atom is 0.247 e. The molecule has 0 saturated heterocycles. The van der Waals surface area contributed by atoms with Gasteiger partial charge >= 0.3 is 0 Å². The van der Waals surface area contributed by atoms with E-state index in [0.29, 0.717) is 29.5 Å². The average Bonchev–Trinajstić information content (AvgIpc) is 3.09. The first-order valence-corrected chi connectivity index (χ1v) is 7.84. The highest BCUT2D eigenvalue weighted by atomic mass is 16.4. The Labute approximate surface area is 145 Å². The van der Waals surface area contributed by atoms with Gasteiger partial charge in [-0.2, -0.15) is 5.26 Å². The molecule has 0 aliphatic heterocycles. The molecular weight excluding hydrogens is 316 g/mol. The third-order valence-corrected chi connectivity index (χ3v) is 3.62. The van der Waals surface area contributed by atoms with E-state index in [0.717, 1.165) is 11.1 Å². The minimum absolute atomic E-state index is 0.190. The van der Waals surface area contributed by atoms with Gasteiger partial charge in [-0.25, -0.2) is 0 Å².